The van der Waals surface area contributed by atoms with Crippen molar-refractivity contribution in [3.8, 4) is 0 Å². The minimum atomic E-state index is -0.665. The van der Waals surface area contributed by atoms with Gasteiger partial charge in [-0.05, 0) is 50.9 Å². The van der Waals surface area contributed by atoms with Crippen LogP contribution in [0, 0.1) is 6.92 Å². The third-order valence-electron chi connectivity index (χ3n) is 4.28. The van der Waals surface area contributed by atoms with Crippen molar-refractivity contribution < 1.29 is 9.59 Å². The van der Waals surface area contributed by atoms with Crippen LogP contribution in [0.4, 0.5) is 5.69 Å². The average molecular weight is 338 g/mol. The van der Waals surface area contributed by atoms with Crippen molar-refractivity contribution in [3.05, 3.63) is 28.8 Å². The van der Waals surface area contributed by atoms with Crippen molar-refractivity contribution in [1.29, 1.82) is 0 Å². The van der Waals surface area contributed by atoms with E-state index in [1.165, 1.54) is 19.3 Å². The maximum atomic E-state index is 11.9. The van der Waals surface area contributed by atoms with Gasteiger partial charge in [0.1, 0.15) is 0 Å². The fourth-order valence-electron chi connectivity index (χ4n) is 2.79. The number of halogens is 1. The quantitative estimate of drug-likeness (QED) is 0.830. The zero-order valence-electron chi connectivity index (χ0n) is 13.7. The molecule has 0 aromatic heterocycles. The normalized spacial score (nSPS) is 18.5. The zero-order chi connectivity index (χ0) is 16.8. The van der Waals surface area contributed by atoms with Gasteiger partial charge < -0.3 is 10.6 Å². The Morgan fingerprint density at radius 1 is 1.30 bits per heavy atom. The number of amides is 2. The van der Waals surface area contributed by atoms with Gasteiger partial charge in [0.2, 0.25) is 0 Å². The molecule has 23 heavy (non-hydrogen) atoms. The number of piperidine rings is 1. The van der Waals surface area contributed by atoms with Gasteiger partial charge in [-0.3, -0.25) is 14.5 Å². The van der Waals surface area contributed by atoms with Crippen molar-refractivity contribution in [1.82, 2.24) is 10.2 Å². The Balaban J connectivity index is 1.78. The number of likely N-dealkylation sites (tertiary alicyclic amines) is 1. The fourth-order valence-corrected chi connectivity index (χ4v) is 2.96. The molecule has 1 unspecified atom stereocenters. The third-order valence-corrected chi connectivity index (χ3v) is 4.51. The number of nitrogens with one attached hydrogen (secondary N) is 2. The van der Waals surface area contributed by atoms with Crippen LogP contribution in [0.5, 0.6) is 0 Å². The minimum Gasteiger partial charge on any atom is -0.347 e. The van der Waals surface area contributed by atoms with Gasteiger partial charge >= 0.3 is 11.8 Å². The average Bonchev–Trinajstić information content (AvgIpc) is 2.52. The topological polar surface area (TPSA) is 61.4 Å². The molecule has 2 amide bonds. The number of aryl methyl sites for hydroxylation is 1. The molecule has 126 valence electrons. The molecule has 1 aromatic rings. The van der Waals surface area contributed by atoms with Gasteiger partial charge in [0.05, 0.1) is 0 Å². The lowest BCUT2D eigenvalue weighted by Gasteiger charge is -2.33. The summed E-state index contributed by atoms with van der Waals surface area (Å²) < 4.78 is 0. The summed E-state index contributed by atoms with van der Waals surface area (Å²) in [5, 5.41) is 5.80. The van der Waals surface area contributed by atoms with Crippen molar-refractivity contribution in [2.24, 2.45) is 0 Å². The zero-order valence-corrected chi connectivity index (χ0v) is 14.4. The predicted molar refractivity (Wildman–Crippen MR) is 92.7 cm³/mol. The van der Waals surface area contributed by atoms with Crippen molar-refractivity contribution in [2.45, 2.75) is 39.2 Å². The highest BCUT2D eigenvalue weighted by atomic mass is 35.5. The first kappa shape index (κ1) is 17.8. The number of hydrogen-bond acceptors (Lipinski definition) is 3. The molecule has 1 heterocycles. The molecule has 1 fully saturated rings. The first-order chi connectivity index (χ1) is 11.0. The maximum Gasteiger partial charge on any atom is 0.313 e. The van der Waals surface area contributed by atoms with Gasteiger partial charge in [0.15, 0.2) is 0 Å². The molecule has 2 rings (SSSR count). The first-order valence-corrected chi connectivity index (χ1v) is 8.44. The summed E-state index contributed by atoms with van der Waals surface area (Å²) in [6, 6.07) is 5.72. The van der Waals surface area contributed by atoms with E-state index in [9.17, 15) is 9.59 Å². The van der Waals surface area contributed by atoms with Crippen LogP contribution in [-0.2, 0) is 9.59 Å². The summed E-state index contributed by atoms with van der Waals surface area (Å²) in [5.74, 6) is -1.28. The summed E-state index contributed by atoms with van der Waals surface area (Å²) in [5.41, 5.74) is 1.42. The third kappa shape index (κ3) is 5.22. The second-order valence-corrected chi connectivity index (χ2v) is 6.49. The van der Waals surface area contributed by atoms with Crippen LogP contribution in [0.2, 0.25) is 5.02 Å². The molecule has 0 radical (unpaired) electrons. The number of anilines is 1. The monoisotopic (exact) mass is 337 g/mol. The molecule has 1 aliphatic rings. The number of benzene rings is 1. The van der Waals surface area contributed by atoms with Gasteiger partial charge in [-0.15, -0.1) is 0 Å². The molecule has 1 saturated heterocycles. The smallest absolute Gasteiger partial charge is 0.313 e. The van der Waals surface area contributed by atoms with Crippen molar-refractivity contribution >= 4 is 29.1 Å². The van der Waals surface area contributed by atoms with Crippen LogP contribution < -0.4 is 10.6 Å². The van der Waals surface area contributed by atoms with Gasteiger partial charge in [0.25, 0.3) is 0 Å². The second-order valence-electron chi connectivity index (χ2n) is 6.05. The van der Waals surface area contributed by atoms with E-state index in [0.29, 0.717) is 23.3 Å². The lowest BCUT2D eigenvalue weighted by molar-refractivity contribution is -0.136. The van der Waals surface area contributed by atoms with Crippen LogP contribution >= 0.6 is 11.6 Å². The van der Waals surface area contributed by atoms with Crippen molar-refractivity contribution in [2.75, 3.05) is 25.0 Å². The summed E-state index contributed by atoms with van der Waals surface area (Å²) in [7, 11) is 0. The van der Waals surface area contributed by atoms with E-state index in [-0.39, 0.29) is 0 Å². The van der Waals surface area contributed by atoms with Gasteiger partial charge in [-0.2, -0.15) is 0 Å². The van der Waals surface area contributed by atoms with Crippen molar-refractivity contribution in [3.63, 3.8) is 0 Å². The summed E-state index contributed by atoms with van der Waals surface area (Å²) >= 11 is 5.91. The molecule has 0 spiro atoms. The lowest BCUT2D eigenvalue weighted by atomic mass is 10.0. The number of hydrogen-bond donors (Lipinski definition) is 2. The molecule has 1 aliphatic heterocycles. The van der Waals surface area contributed by atoms with Crippen LogP contribution in [0.25, 0.3) is 0 Å². The molecular formula is C17H24ClN3O2. The maximum absolute atomic E-state index is 11.9. The SMILES string of the molecule is Cc1ccc(Cl)cc1NC(=O)C(=O)NCCN1CCCCC1C. The van der Waals surface area contributed by atoms with E-state index in [2.05, 4.69) is 22.5 Å². The van der Waals surface area contributed by atoms with E-state index < -0.39 is 11.8 Å². The highest BCUT2D eigenvalue weighted by Gasteiger charge is 2.19. The highest BCUT2D eigenvalue weighted by molar-refractivity contribution is 6.40. The highest BCUT2D eigenvalue weighted by Crippen LogP contribution is 2.20. The van der Waals surface area contributed by atoms with Crippen LogP contribution in [0.15, 0.2) is 18.2 Å². The summed E-state index contributed by atoms with van der Waals surface area (Å²) in [6.07, 6.45) is 3.67. The number of rotatable bonds is 4. The molecule has 0 saturated carbocycles. The fraction of sp³-hybridized carbons (Fsp3) is 0.529. The summed E-state index contributed by atoms with van der Waals surface area (Å²) in [6.45, 7) is 6.36. The Bertz CT molecular complexity index is 577. The second kappa shape index (κ2) is 8.31. The Morgan fingerprint density at radius 2 is 2.09 bits per heavy atom. The van der Waals surface area contributed by atoms with E-state index >= 15 is 0 Å². The Hall–Kier alpha value is -1.59. The first-order valence-electron chi connectivity index (χ1n) is 8.07. The molecule has 0 aliphatic carbocycles. The van der Waals surface area contributed by atoms with Gasteiger partial charge in [-0.25, -0.2) is 0 Å². The van der Waals surface area contributed by atoms with E-state index in [1.54, 1.807) is 18.2 Å². The number of carbonyl (C=O) groups is 2. The molecule has 0 bridgehead atoms. The Morgan fingerprint density at radius 3 is 2.83 bits per heavy atom. The van der Waals surface area contributed by atoms with E-state index in [4.69, 9.17) is 11.6 Å². The van der Waals surface area contributed by atoms with Crippen LogP contribution in [0.3, 0.4) is 0 Å². The standard InChI is InChI=1S/C17H24ClN3O2/c1-12-6-7-14(18)11-15(12)20-17(23)16(22)19-8-10-21-9-4-3-5-13(21)2/h6-7,11,13H,3-5,8-10H2,1-2H3,(H,19,22)(H,20,23). The van der Waals surface area contributed by atoms with Crippen LogP contribution in [-0.4, -0.2) is 42.4 Å². The number of nitrogens with zero attached hydrogens (tertiary/aromatic N) is 1. The minimum absolute atomic E-state index is 0.477. The molecular weight excluding hydrogens is 314 g/mol. The molecule has 2 N–H and O–H groups in total. The van der Waals surface area contributed by atoms with Crippen LogP contribution in [0.1, 0.15) is 31.7 Å². The van der Waals surface area contributed by atoms with E-state index in [1.807, 2.05) is 6.92 Å². The number of carbonyl (C=O) groups excluding carboxylic acids is 2. The Kier molecular flexibility index (Phi) is 6.42. The molecule has 6 heteroatoms. The van der Waals surface area contributed by atoms with E-state index in [0.717, 1.165) is 18.7 Å². The lowest BCUT2D eigenvalue weighted by Crippen LogP contribution is -2.44. The largest absolute Gasteiger partial charge is 0.347 e. The predicted octanol–water partition coefficient (Wildman–Crippen LogP) is 2.58. The summed E-state index contributed by atoms with van der Waals surface area (Å²) in [4.78, 5) is 26.2. The Labute approximate surface area is 142 Å². The van der Waals surface area contributed by atoms with Gasteiger partial charge in [-0.1, -0.05) is 24.1 Å². The molecule has 5 nitrogen and oxygen atoms in total. The van der Waals surface area contributed by atoms with Gasteiger partial charge in [0, 0.05) is 29.8 Å². The molecule has 1 atom stereocenters. The molecule has 1 aromatic carbocycles.